The van der Waals surface area contributed by atoms with E-state index in [-0.39, 0.29) is 46.5 Å². The van der Waals surface area contributed by atoms with Crippen molar-refractivity contribution in [2.24, 2.45) is 23.7 Å². The Labute approximate surface area is 150 Å². The molecule has 2 aliphatic carbocycles. The van der Waals surface area contributed by atoms with Gasteiger partial charge in [-0.05, 0) is 30.5 Å². The van der Waals surface area contributed by atoms with Gasteiger partial charge in [-0.2, -0.15) is 0 Å². The topological polar surface area (TPSA) is 64.6 Å². The van der Waals surface area contributed by atoms with Crippen molar-refractivity contribution < 1.29 is 19.1 Å². The van der Waals surface area contributed by atoms with E-state index < -0.39 is 0 Å². The summed E-state index contributed by atoms with van der Waals surface area (Å²) in [5.74, 6) is -0.123. The minimum atomic E-state index is -0.344. The molecule has 1 N–H and O–H groups in total. The molecule has 1 amide bonds. The molecule has 0 radical (unpaired) electrons. The fourth-order valence-electron chi connectivity index (χ4n) is 4.31. The lowest BCUT2D eigenvalue weighted by Gasteiger charge is -2.27. The van der Waals surface area contributed by atoms with Crippen LogP contribution in [0, 0.1) is 23.7 Å². The van der Waals surface area contributed by atoms with Crippen LogP contribution in [0.15, 0.2) is 22.7 Å². The Balaban J connectivity index is 1.60. The Bertz CT molecular complexity index is 695. The first-order valence-electron chi connectivity index (χ1n) is 7.50. The van der Waals surface area contributed by atoms with Crippen LogP contribution in [0.4, 0.5) is 5.69 Å². The van der Waals surface area contributed by atoms with Crippen molar-refractivity contribution >= 4 is 49.4 Å². The molecule has 3 fully saturated rings. The molecular weight excluding hydrogens is 430 g/mol. The molecule has 122 valence electrons. The van der Waals surface area contributed by atoms with Crippen LogP contribution in [0.2, 0.25) is 0 Å². The fraction of sp³-hybridized carbons (Fsp3) is 0.500. The highest BCUT2D eigenvalue weighted by Crippen LogP contribution is 2.60. The molecule has 6 atom stereocenters. The Hall–Kier alpha value is -1.08. The highest BCUT2D eigenvalue weighted by Gasteiger charge is 2.67. The summed E-state index contributed by atoms with van der Waals surface area (Å²) in [5.41, 5.74) is 0.609. The zero-order valence-electron chi connectivity index (χ0n) is 12.3. The molecule has 5 nitrogen and oxygen atoms in total. The van der Waals surface area contributed by atoms with E-state index in [1.807, 2.05) is 6.07 Å². The van der Waals surface area contributed by atoms with E-state index in [9.17, 15) is 9.59 Å². The third-order valence-electron chi connectivity index (χ3n) is 5.25. The lowest BCUT2D eigenvalue weighted by molar-refractivity contribution is -0.145. The molecule has 23 heavy (non-hydrogen) atoms. The van der Waals surface area contributed by atoms with Gasteiger partial charge in [0.15, 0.2) is 0 Å². The van der Waals surface area contributed by atoms with Crippen molar-refractivity contribution in [3.05, 3.63) is 22.7 Å². The Morgan fingerprint density at radius 3 is 2.91 bits per heavy atom. The van der Waals surface area contributed by atoms with Crippen LogP contribution >= 0.6 is 31.9 Å². The van der Waals surface area contributed by atoms with Gasteiger partial charge >= 0.3 is 5.97 Å². The molecule has 4 rings (SSSR count). The summed E-state index contributed by atoms with van der Waals surface area (Å²) in [6, 6.07) is 5.42. The summed E-state index contributed by atoms with van der Waals surface area (Å²) < 4.78 is 11.6. The van der Waals surface area contributed by atoms with E-state index in [4.69, 9.17) is 9.47 Å². The number of fused-ring (bicyclic) bond motifs is 1. The molecule has 1 heterocycles. The predicted octanol–water partition coefficient (Wildman–Crippen LogP) is 2.97. The minimum absolute atomic E-state index is 0.0660. The Morgan fingerprint density at radius 1 is 1.39 bits per heavy atom. The van der Waals surface area contributed by atoms with E-state index in [0.29, 0.717) is 11.4 Å². The summed E-state index contributed by atoms with van der Waals surface area (Å²) in [4.78, 5) is 25.0. The second-order valence-electron chi connectivity index (χ2n) is 6.29. The molecule has 2 saturated carbocycles. The van der Waals surface area contributed by atoms with Gasteiger partial charge in [0.2, 0.25) is 5.91 Å². The number of anilines is 1. The second kappa shape index (κ2) is 5.48. The molecule has 0 aromatic heterocycles. The van der Waals surface area contributed by atoms with Crippen molar-refractivity contribution in [1.82, 2.24) is 0 Å². The maximum Gasteiger partial charge on any atom is 0.310 e. The highest BCUT2D eigenvalue weighted by atomic mass is 79.9. The number of hydrogen-bond donors (Lipinski definition) is 1. The van der Waals surface area contributed by atoms with Crippen LogP contribution < -0.4 is 10.1 Å². The molecule has 0 spiro atoms. The molecule has 0 unspecified atom stereocenters. The molecule has 1 aromatic rings. The average Bonchev–Trinajstić information content (AvgIpc) is 3.13. The lowest BCUT2D eigenvalue weighted by Crippen LogP contribution is -2.40. The van der Waals surface area contributed by atoms with Crippen molar-refractivity contribution in [1.29, 1.82) is 0 Å². The number of methoxy groups -OCH3 is 1. The molecule has 1 aliphatic heterocycles. The van der Waals surface area contributed by atoms with Crippen LogP contribution in [0.5, 0.6) is 5.75 Å². The number of benzene rings is 1. The van der Waals surface area contributed by atoms with E-state index in [2.05, 4.69) is 37.2 Å². The minimum Gasteiger partial charge on any atom is -0.495 e. The molecular formula is C16H15Br2NO4. The number of nitrogens with one attached hydrogen (secondary N) is 1. The fourth-order valence-corrected chi connectivity index (χ4v) is 5.70. The van der Waals surface area contributed by atoms with Crippen LogP contribution in [-0.2, 0) is 14.3 Å². The number of hydrogen-bond acceptors (Lipinski definition) is 4. The van der Waals surface area contributed by atoms with E-state index in [1.54, 1.807) is 19.2 Å². The van der Waals surface area contributed by atoms with Gasteiger partial charge in [-0.25, -0.2) is 0 Å². The zero-order valence-corrected chi connectivity index (χ0v) is 15.5. The summed E-state index contributed by atoms with van der Waals surface area (Å²) >= 11 is 7.00. The van der Waals surface area contributed by atoms with Gasteiger partial charge in [0.25, 0.3) is 0 Å². The number of alkyl halides is 1. The number of ether oxygens (including phenoxy) is 2. The third-order valence-corrected chi connectivity index (χ3v) is 6.94. The standard InChI is InChI=1S/C16H15Br2NO4/c1-22-10-4-6(17)2-3-9(10)19-15(20)11-7-5-8-12(11)16(21)23-14(8)13(7)18/h2-4,7-8,11-14H,5H2,1H3,(H,19,20)/t7-,8-,11-,12+,13-,14+/m1/s1. The van der Waals surface area contributed by atoms with Gasteiger partial charge in [-0.1, -0.05) is 31.9 Å². The third kappa shape index (κ3) is 2.23. The summed E-state index contributed by atoms with van der Waals surface area (Å²) in [6.45, 7) is 0. The van der Waals surface area contributed by atoms with Crippen LogP contribution in [0.3, 0.4) is 0 Å². The number of halogens is 2. The van der Waals surface area contributed by atoms with Crippen molar-refractivity contribution in [2.45, 2.75) is 17.4 Å². The summed E-state index contributed by atoms with van der Waals surface area (Å²) in [5, 5.41) is 2.93. The SMILES string of the molecule is COc1cc(Br)ccc1NC(=O)[C@@H]1[C@H]2C[C@H]3[C@H](OC(=O)[C@@H]31)[C@@H]2Br. The van der Waals surface area contributed by atoms with Crippen molar-refractivity contribution in [2.75, 3.05) is 12.4 Å². The normalized spacial score (nSPS) is 36.9. The van der Waals surface area contributed by atoms with E-state index in [1.165, 1.54) is 0 Å². The number of carbonyl (C=O) groups is 2. The first-order valence-corrected chi connectivity index (χ1v) is 9.21. The number of esters is 1. The summed E-state index contributed by atoms with van der Waals surface area (Å²) in [6.07, 6.45) is 0.802. The smallest absolute Gasteiger partial charge is 0.310 e. The molecule has 1 aromatic carbocycles. The average molecular weight is 445 g/mol. The highest BCUT2D eigenvalue weighted by molar-refractivity contribution is 9.10. The maximum absolute atomic E-state index is 12.8. The monoisotopic (exact) mass is 443 g/mol. The lowest BCUT2D eigenvalue weighted by atomic mass is 9.79. The zero-order chi connectivity index (χ0) is 16.3. The molecule has 3 aliphatic rings. The largest absolute Gasteiger partial charge is 0.495 e. The Morgan fingerprint density at radius 2 is 2.17 bits per heavy atom. The number of amides is 1. The van der Waals surface area contributed by atoms with Gasteiger partial charge in [0.05, 0.1) is 29.5 Å². The van der Waals surface area contributed by atoms with E-state index >= 15 is 0 Å². The van der Waals surface area contributed by atoms with Gasteiger partial charge < -0.3 is 14.8 Å². The van der Waals surface area contributed by atoms with E-state index in [0.717, 1.165) is 10.9 Å². The van der Waals surface area contributed by atoms with Crippen LogP contribution in [0.25, 0.3) is 0 Å². The van der Waals surface area contributed by atoms with Crippen molar-refractivity contribution in [3.63, 3.8) is 0 Å². The van der Waals surface area contributed by atoms with Gasteiger partial charge in [-0.15, -0.1) is 0 Å². The second-order valence-corrected chi connectivity index (χ2v) is 8.27. The quantitative estimate of drug-likeness (QED) is 0.575. The van der Waals surface area contributed by atoms with Crippen LogP contribution in [-0.4, -0.2) is 29.9 Å². The number of rotatable bonds is 3. The van der Waals surface area contributed by atoms with Gasteiger partial charge in [0.1, 0.15) is 11.9 Å². The summed E-state index contributed by atoms with van der Waals surface area (Å²) in [7, 11) is 1.56. The Kier molecular flexibility index (Phi) is 3.68. The predicted molar refractivity (Wildman–Crippen MR) is 90.5 cm³/mol. The molecule has 7 heteroatoms. The van der Waals surface area contributed by atoms with Crippen molar-refractivity contribution in [3.8, 4) is 5.75 Å². The maximum atomic E-state index is 12.8. The molecule has 2 bridgehead atoms. The first kappa shape index (κ1) is 15.4. The van der Waals surface area contributed by atoms with Gasteiger partial charge in [0, 0.05) is 10.4 Å². The first-order chi connectivity index (χ1) is 11.0. The number of carbonyl (C=O) groups excluding carboxylic acids is 2. The van der Waals surface area contributed by atoms with Crippen LogP contribution in [0.1, 0.15) is 6.42 Å². The molecule has 1 saturated heterocycles. The van der Waals surface area contributed by atoms with Gasteiger partial charge in [-0.3, -0.25) is 9.59 Å².